The molecule has 0 unspecified atom stereocenters. The zero-order chi connectivity index (χ0) is 20.2. The maximum Gasteiger partial charge on any atom is 0.163 e. The summed E-state index contributed by atoms with van der Waals surface area (Å²) >= 11 is 0. The first kappa shape index (κ1) is 18.3. The molecule has 0 amide bonds. The molecule has 29 heavy (non-hydrogen) atoms. The van der Waals surface area contributed by atoms with E-state index in [0.717, 1.165) is 22.6 Å². The minimum atomic E-state index is 0.609. The normalized spacial score (nSPS) is 10.4. The number of nitrogens with zero attached hydrogens (tertiary/aromatic N) is 4. The lowest BCUT2D eigenvalue weighted by Crippen LogP contribution is -1.99. The van der Waals surface area contributed by atoms with Crippen LogP contribution >= 0.6 is 0 Å². The van der Waals surface area contributed by atoms with E-state index in [2.05, 4.69) is 11.1 Å². The van der Waals surface area contributed by atoms with Crippen LogP contribution in [0.4, 0.5) is 0 Å². The summed E-state index contributed by atoms with van der Waals surface area (Å²) in [7, 11) is 3.22. The SMILES string of the molecule is COc1ccc(-n2cc(-c3ccc(C#N)cc3)nc2-c2ccccn2)cc1OC. The van der Waals surface area contributed by atoms with Gasteiger partial charge in [-0.3, -0.25) is 9.55 Å². The number of ether oxygens (including phenoxy) is 2. The third kappa shape index (κ3) is 3.54. The fourth-order valence-corrected chi connectivity index (χ4v) is 3.08. The van der Waals surface area contributed by atoms with Crippen molar-refractivity contribution in [2.75, 3.05) is 14.2 Å². The van der Waals surface area contributed by atoms with Crippen LogP contribution in [0.25, 0.3) is 28.5 Å². The number of benzene rings is 2. The molecular formula is C23H18N4O2. The quantitative estimate of drug-likeness (QED) is 0.508. The topological polar surface area (TPSA) is 73.0 Å². The van der Waals surface area contributed by atoms with Gasteiger partial charge in [0.15, 0.2) is 17.3 Å². The fourth-order valence-electron chi connectivity index (χ4n) is 3.08. The van der Waals surface area contributed by atoms with E-state index >= 15 is 0 Å². The molecule has 6 nitrogen and oxygen atoms in total. The summed E-state index contributed by atoms with van der Waals surface area (Å²) in [5, 5.41) is 9.04. The second kappa shape index (κ2) is 7.87. The zero-order valence-electron chi connectivity index (χ0n) is 16.0. The number of pyridine rings is 1. The van der Waals surface area contributed by atoms with Crippen LogP contribution in [0, 0.1) is 11.3 Å². The van der Waals surface area contributed by atoms with Gasteiger partial charge in [-0.2, -0.15) is 5.26 Å². The highest BCUT2D eigenvalue weighted by Crippen LogP contribution is 2.32. The monoisotopic (exact) mass is 382 g/mol. The molecule has 0 atom stereocenters. The van der Waals surface area contributed by atoms with Gasteiger partial charge in [0, 0.05) is 24.0 Å². The molecule has 4 rings (SSSR count). The van der Waals surface area contributed by atoms with Gasteiger partial charge in [0.1, 0.15) is 5.69 Å². The number of hydrogen-bond donors (Lipinski definition) is 0. The first-order valence-corrected chi connectivity index (χ1v) is 8.97. The minimum Gasteiger partial charge on any atom is -0.493 e. The van der Waals surface area contributed by atoms with Crippen LogP contribution in [-0.4, -0.2) is 28.8 Å². The molecule has 0 spiro atoms. The number of nitriles is 1. The molecule has 0 saturated carbocycles. The largest absolute Gasteiger partial charge is 0.493 e. The zero-order valence-corrected chi connectivity index (χ0v) is 16.0. The van der Waals surface area contributed by atoms with Gasteiger partial charge in [-0.05, 0) is 36.4 Å². The van der Waals surface area contributed by atoms with E-state index in [1.165, 1.54) is 0 Å². The minimum absolute atomic E-state index is 0.609. The van der Waals surface area contributed by atoms with Gasteiger partial charge in [-0.1, -0.05) is 18.2 Å². The van der Waals surface area contributed by atoms with Gasteiger partial charge in [0.05, 0.1) is 37.2 Å². The van der Waals surface area contributed by atoms with Crippen LogP contribution in [0.2, 0.25) is 0 Å². The first-order valence-electron chi connectivity index (χ1n) is 8.97. The molecule has 4 aromatic rings. The summed E-state index contributed by atoms with van der Waals surface area (Å²) in [5.41, 5.74) is 3.93. The first-order chi connectivity index (χ1) is 14.2. The molecule has 0 aliphatic heterocycles. The molecule has 2 aromatic heterocycles. The Morgan fingerprint density at radius 3 is 2.34 bits per heavy atom. The Hall–Kier alpha value is -4.11. The number of aromatic nitrogens is 3. The molecule has 0 aliphatic carbocycles. The summed E-state index contributed by atoms with van der Waals surface area (Å²) in [6.45, 7) is 0. The van der Waals surface area contributed by atoms with Crippen LogP contribution < -0.4 is 9.47 Å². The summed E-state index contributed by atoms with van der Waals surface area (Å²) in [6.07, 6.45) is 3.69. The van der Waals surface area contributed by atoms with E-state index in [4.69, 9.17) is 19.7 Å². The van der Waals surface area contributed by atoms with Gasteiger partial charge in [-0.15, -0.1) is 0 Å². The maximum absolute atomic E-state index is 9.04. The Morgan fingerprint density at radius 2 is 1.69 bits per heavy atom. The molecule has 0 saturated heterocycles. The number of rotatable bonds is 5. The maximum atomic E-state index is 9.04. The van der Waals surface area contributed by atoms with Crippen molar-refractivity contribution in [3.8, 4) is 46.0 Å². The van der Waals surface area contributed by atoms with Gasteiger partial charge >= 0.3 is 0 Å². The summed E-state index contributed by atoms with van der Waals surface area (Å²) in [6, 6.07) is 20.9. The van der Waals surface area contributed by atoms with Crippen molar-refractivity contribution in [3.05, 3.63) is 78.6 Å². The van der Waals surface area contributed by atoms with Crippen molar-refractivity contribution >= 4 is 0 Å². The van der Waals surface area contributed by atoms with Crippen LogP contribution in [0.1, 0.15) is 5.56 Å². The molecule has 0 fully saturated rings. The van der Waals surface area contributed by atoms with Crippen LogP contribution in [-0.2, 0) is 0 Å². The average molecular weight is 382 g/mol. The van der Waals surface area contributed by atoms with Gasteiger partial charge in [0.25, 0.3) is 0 Å². The van der Waals surface area contributed by atoms with Crippen LogP contribution in [0.15, 0.2) is 73.1 Å². The second-order valence-electron chi connectivity index (χ2n) is 6.26. The predicted octanol–water partition coefficient (Wildman–Crippen LogP) is 4.49. The summed E-state index contributed by atoms with van der Waals surface area (Å²) in [5.74, 6) is 1.99. The predicted molar refractivity (Wildman–Crippen MR) is 110 cm³/mol. The smallest absolute Gasteiger partial charge is 0.163 e. The van der Waals surface area contributed by atoms with E-state index in [9.17, 15) is 0 Å². The Kier molecular flexibility index (Phi) is 4.95. The van der Waals surface area contributed by atoms with Crippen molar-refractivity contribution in [2.45, 2.75) is 0 Å². The van der Waals surface area contributed by atoms with Crippen molar-refractivity contribution in [1.82, 2.24) is 14.5 Å². The van der Waals surface area contributed by atoms with Crippen molar-refractivity contribution < 1.29 is 9.47 Å². The van der Waals surface area contributed by atoms with E-state index in [0.29, 0.717) is 22.9 Å². The Morgan fingerprint density at radius 1 is 0.897 bits per heavy atom. The number of methoxy groups -OCH3 is 2. The highest BCUT2D eigenvalue weighted by molar-refractivity contribution is 5.66. The third-order valence-electron chi connectivity index (χ3n) is 4.55. The van der Waals surface area contributed by atoms with Crippen molar-refractivity contribution in [2.24, 2.45) is 0 Å². The fraction of sp³-hybridized carbons (Fsp3) is 0.0870. The van der Waals surface area contributed by atoms with E-state index < -0.39 is 0 Å². The van der Waals surface area contributed by atoms with E-state index in [1.807, 2.05) is 59.3 Å². The standard InChI is InChI=1S/C23H18N4O2/c1-28-21-11-10-18(13-22(21)29-2)27-15-20(17-8-6-16(14-24)7-9-17)26-23(27)19-5-3-4-12-25-19/h3-13,15H,1-2H3. The summed E-state index contributed by atoms with van der Waals surface area (Å²) < 4.78 is 12.8. The highest BCUT2D eigenvalue weighted by Gasteiger charge is 2.15. The third-order valence-corrected chi connectivity index (χ3v) is 4.55. The van der Waals surface area contributed by atoms with Crippen molar-refractivity contribution in [1.29, 1.82) is 5.26 Å². The Bertz CT molecular complexity index is 1180. The number of imidazole rings is 1. The lowest BCUT2D eigenvalue weighted by Gasteiger charge is -2.12. The second-order valence-corrected chi connectivity index (χ2v) is 6.26. The van der Waals surface area contributed by atoms with Crippen molar-refractivity contribution in [3.63, 3.8) is 0 Å². The van der Waals surface area contributed by atoms with Gasteiger partial charge in [0.2, 0.25) is 0 Å². The molecule has 2 heterocycles. The van der Waals surface area contributed by atoms with E-state index in [-0.39, 0.29) is 0 Å². The molecule has 142 valence electrons. The van der Waals surface area contributed by atoms with Gasteiger partial charge in [-0.25, -0.2) is 4.98 Å². The lowest BCUT2D eigenvalue weighted by molar-refractivity contribution is 0.355. The molecule has 0 radical (unpaired) electrons. The van der Waals surface area contributed by atoms with Crippen LogP contribution in [0.3, 0.4) is 0 Å². The average Bonchev–Trinajstić information content (AvgIpc) is 3.24. The lowest BCUT2D eigenvalue weighted by atomic mass is 10.1. The number of hydrogen-bond acceptors (Lipinski definition) is 5. The van der Waals surface area contributed by atoms with Crippen LogP contribution in [0.5, 0.6) is 11.5 Å². The summed E-state index contributed by atoms with van der Waals surface area (Å²) in [4.78, 5) is 9.29. The van der Waals surface area contributed by atoms with Gasteiger partial charge < -0.3 is 9.47 Å². The molecule has 0 N–H and O–H groups in total. The highest BCUT2D eigenvalue weighted by atomic mass is 16.5. The Balaban J connectivity index is 1.88. The molecule has 0 bridgehead atoms. The van der Waals surface area contributed by atoms with E-state index in [1.54, 1.807) is 32.5 Å². The molecule has 0 aliphatic rings. The molecule has 2 aromatic carbocycles. The Labute approximate surface area is 168 Å². The molecule has 6 heteroatoms. The molecular weight excluding hydrogens is 364 g/mol.